The maximum atomic E-state index is 10.7. The van der Waals surface area contributed by atoms with Crippen molar-refractivity contribution in [3.8, 4) is 0 Å². The molecule has 0 aromatic heterocycles. The van der Waals surface area contributed by atoms with Gasteiger partial charge in [-0.25, -0.2) is 4.79 Å². The van der Waals surface area contributed by atoms with Crippen molar-refractivity contribution >= 4 is 6.09 Å². The molecule has 0 saturated carbocycles. The molecule has 3 atom stereocenters. The molecule has 120 valence electrons. The molecule has 1 aromatic carbocycles. The molecule has 2 aliphatic rings. The zero-order valence-corrected chi connectivity index (χ0v) is 13.3. The average molecular weight is 303 g/mol. The number of likely N-dealkylation sites (tertiary alicyclic amines) is 1. The molecule has 2 unspecified atom stereocenters. The third-order valence-electron chi connectivity index (χ3n) is 5.15. The number of benzene rings is 1. The van der Waals surface area contributed by atoms with Gasteiger partial charge in [0.25, 0.3) is 0 Å². The normalized spacial score (nSPS) is 26.8. The lowest BCUT2D eigenvalue weighted by molar-refractivity contribution is 0.0837. The molecule has 2 bridgehead atoms. The van der Waals surface area contributed by atoms with Gasteiger partial charge in [-0.2, -0.15) is 0 Å². The summed E-state index contributed by atoms with van der Waals surface area (Å²) in [5, 5.41) is 11.3. The van der Waals surface area contributed by atoms with E-state index in [2.05, 4.69) is 34.3 Å². The number of carbonyl (C=O) groups is 1. The summed E-state index contributed by atoms with van der Waals surface area (Å²) in [5.74, 6) is 0. The van der Waals surface area contributed by atoms with Gasteiger partial charge >= 0.3 is 6.09 Å². The predicted molar refractivity (Wildman–Crippen MR) is 85.9 cm³/mol. The number of nitrogens with zero attached hydrogens (tertiary/aromatic N) is 2. The van der Waals surface area contributed by atoms with Crippen molar-refractivity contribution in [2.75, 3.05) is 20.1 Å². The fourth-order valence-electron chi connectivity index (χ4n) is 3.77. The molecule has 0 aliphatic carbocycles. The van der Waals surface area contributed by atoms with E-state index in [1.54, 1.807) is 0 Å². The lowest BCUT2D eigenvalue weighted by Crippen LogP contribution is -2.51. The lowest BCUT2D eigenvalue weighted by atomic mass is 10.1. The van der Waals surface area contributed by atoms with E-state index < -0.39 is 6.09 Å². The van der Waals surface area contributed by atoms with Gasteiger partial charge < -0.3 is 10.4 Å². The number of piperazine rings is 1. The maximum Gasteiger partial charge on any atom is 0.405 e. The van der Waals surface area contributed by atoms with Gasteiger partial charge in [0.2, 0.25) is 0 Å². The monoisotopic (exact) mass is 303 g/mol. The summed E-state index contributed by atoms with van der Waals surface area (Å²) in [6, 6.07) is 9.56. The summed E-state index contributed by atoms with van der Waals surface area (Å²) in [6.07, 6.45) is 1.67. The SMILES string of the molecule is C[C@H](NC(=O)O)c1ccc(CN2CC3CCC(C2)N3C)cc1. The third-order valence-corrected chi connectivity index (χ3v) is 5.15. The molecule has 2 N–H and O–H groups in total. The van der Waals surface area contributed by atoms with Crippen molar-refractivity contribution in [1.82, 2.24) is 15.1 Å². The Morgan fingerprint density at radius 2 is 1.86 bits per heavy atom. The van der Waals surface area contributed by atoms with Gasteiger partial charge in [0.05, 0.1) is 6.04 Å². The number of rotatable bonds is 4. The first-order valence-electron chi connectivity index (χ1n) is 8.05. The van der Waals surface area contributed by atoms with Crippen LogP contribution >= 0.6 is 0 Å². The van der Waals surface area contributed by atoms with E-state index in [-0.39, 0.29) is 6.04 Å². The van der Waals surface area contributed by atoms with Crippen LogP contribution in [0.1, 0.15) is 36.9 Å². The van der Waals surface area contributed by atoms with Crippen LogP contribution in [0.4, 0.5) is 4.79 Å². The molecule has 2 fully saturated rings. The minimum Gasteiger partial charge on any atom is -0.465 e. The number of nitrogens with one attached hydrogen (secondary N) is 1. The van der Waals surface area contributed by atoms with Crippen molar-refractivity contribution in [2.24, 2.45) is 0 Å². The minimum atomic E-state index is -0.982. The Morgan fingerprint density at radius 3 is 2.41 bits per heavy atom. The Morgan fingerprint density at radius 1 is 1.27 bits per heavy atom. The number of fused-ring (bicyclic) bond motifs is 2. The summed E-state index contributed by atoms with van der Waals surface area (Å²) in [5.41, 5.74) is 2.31. The second-order valence-electron chi connectivity index (χ2n) is 6.66. The van der Waals surface area contributed by atoms with Crippen LogP contribution in [0, 0.1) is 0 Å². The van der Waals surface area contributed by atoms with Crippen molar-refractivity contribution in [3.05, 3.63) is 35.4 Å². The second-order valence-corrected chi connectivity index (χ2v) is 6.66. The van der Waals surface area contributed by atoms with Crippen molar-refractivity contribution in [1.29, 1.82) is 0 Å². The predicted octanol–water partition coefficient (Wildman–Crippen LogP) is 2.29. The van der Waals surface area contributed by atoms with Gasteiger partial charge in [-0.15, -0.1) is 0 Å². The van der Waals surface area contributed by atoms with Crippen LogP contribution in [0.5, 0.6) is 0 Å². The first-order chi connectivity index (χ1) is 10.5. The smallest absolute Gasteiger partial charge is 0.405 e. The lowest BCUT2D eigenvalue weighted by Gasteiger charge is -2.39. The zero-order valence-electron chi connectivity index (χ0n) is 13.3. The molecule has 5 nitrogen and oxygen atoms in total. The number of hydrogen-bond donors (Lipinski definition) is 2. The molecule has 3 rings (SSSR count). The van der Waals surface area contributed by atoms with Crippen LogP contribution in [0.2, 0.25) is 0 Å². The van der Waals surface area contributed by atoms with Gasteiger partial charge in [0, 0.05) is 31.7 Å². The highest BCUT2D eigenvalue weighted by Crippen LogP contribution is 2.29. The molecule has 0 radical (unpaired) electrons. The molecule has 2 heterocycles. The van der Waals surface area contributed by atoms with Crippen molar-refractivity contribution < 1.29 is 9.90 Å². The fraction of sp³-hybridized carbons (Fsp3) is 0.588. The van der Waals surface area contributed by atoms with E-state index >= 15 is 0 Å². The van der Waals surface area contributed by atoms with Crippen LogP contribution in [0.15, 0.2) is 24.3 Å². The quantitative estimate of drug-likeness (QED) is 0.896. The average Bonchev–Trinajstić information content (AvgIpc) is 2.70. The summed E-state index contributed by atoms with van der Waals surface area (Å²) in [7, 11) is 2.26. The van der Waals surface area contributed by atoms with Crippen LogP contribution in [-0.4, -0.2) is 53.2 Å². The maximum absolute atomic E-state index is 10.7. The largest absolute Gasteiger partial charge is 0.465 e. The number of amides is 1. The Hall–Kier alpha value is -1.59. The van der Waals surface area contributed by atoms with E-state index in [0.29, 0.717) is 0 Å². The highest BCUT2D eigenvalue weighted by atomic mass is 16.4. The summed E-state index contributed by atoms with van der Waals surface area (Å²) >= 11 is 0. The Balaban J connectivity index is 1.59. The minimum absolute atomic E-state index is 0.175. The first-order valence-corrected chi connectivity index (χ1v) is 8.05. The van der Waals surface area contributed by atoms with Crippen LogP contribution < -0.4 is 5.32 Å². The summed E-state index contributed by atoms with van der Waals surface area (Å²) in [6.45, 7) is 5.17. The van der Waals surface area contributed by atoms with E-state index in [1.165, 1.54) is 18.4 Å². The molecule has 1 aromatic rings. The number of hydrogen-bond acceptors (Lipinski definition) is 3. The number of likely N-dealkylation sites (N-methyl/N-ethyl adjacent to an activating group) is 1. The molecule has 5 heteroatoms. The fourth-order valence-corrected chi connectivity index (χ4v) is 3.77. The Labute approximate surface area is 131 Å². The van der Waals surface area contributed by atoms with Gasteiger partial charge in [0.1, 0.15) is 0 Å². The third kappa shape index (κ3) is 3.25. The molecule has 0 spiro atoms. The van der Waals surface area contributed by atoms with Crippen molar-refractivity contribution in [2.45, 2.75) is 44.4 Å². The summed E-state index contributed by atoms with van der Waals surface area (Å²) in [4.78, 5) is 15.8. The highest BCUT2D eigenvalue weighted by Gasteiger charge is 2.37. The van der Waals surface area contributed by atoms with Crippen molar-refractivity contribution in [3.63, 3.8) is 0 Å². The molecule has 22 heavy (non-hydrogen) atoms. The molecule has 2 aliphatic heterocycles. The summed E-state index contributed by atoms with van der Waals surface area (Å²) < 4.78 is 0. The van der Waals surface area contributed by atoms with Gasteiger partial charge in [-0.05, 0) is 37.9 Å². The van der Waals surface area contributed by atoms with Gasteiger partial charge in [-0.3, -0.25) is 9.80 Å². The Bertz CT molecular complexity index is 517. The molecule has 2 saturated heterocycles. The van der Waals surface area contributed by atoms with E-state index in [4.69, 9.17) is 5.11 Å². The van der Waals surface area contributed by atoms with Crippen LogP contribution in [0.3, 0.4) is 0 Å². The van der Waals surface area contributed by atoms with Crippen LogP contribution in [0.25, 0.3) is 0 Å². The van der Waals surface area contributed by atoms with E-state index in [9.17, 15) is 4.79 Å². The zero-order chi connectivity index (χ0) is 15.7. The first kappa shape index (κ1) is 15.3. The number of carboxylic acid groups (broad SMARTS) is 1. The molecular formula is C17H25N3O2. The topological polar surface area (TPSA) is 55.8 Å². The van der Waals surface area contributed by atoms with Gasteiger partial charge in [0.15, 0.2) is 0 Å². The van der Waals surface area contributed by atoms with Crippen LogP contribution in [-0.2, 0) is 6.54 Å². The second kappa shape index (κ2) is 6.26. The van der Waals surface area contributed by atoms with Gasteiger partial charge in [-0.1, -0.05) is 24.3 Å². The van der Waals surface area contributed by atoms with E-state index in [0.717, 1.165) is 37.3 Å². The highest BCUT2D eigenvalue weighted by molar-refractivity contribution is 5.65. The standard InChI is InChI=1S/C17H25N3O2/c1-12(18-17(21)22)14-5-3-13(4-6-14)9-20-10-15-7-8-16(11-20)19(15)2/h3-6,12,15-16,18H,7-11H2,1-2H3,(H,21,22)/t12-,15?,16?/m0/s1. The molecular weight excluding hydrogens is 278 g/mol. The molecule has 1 amide bonds. The van der Waals surface area contributed by atoms with E-state index in [1.807, 2.05) is 19.1 Å². The Kier molecular flexibility index (Phi) is 4.36.